The van der Waals surface area contributed by atoms with Gasteiger partial charge in [0.15, 0.2) is 0 Å². The van der Waals surface area contributed by atoms with E-state index in [1.807, 2.05) is 0 Å². The minimum atomic E-state index is 0. The van der Waals surface area contributed by atoms with E-state index in [9.17, 15) is 0 Å². The molecular weight excluding hydrogens is 263 g/mol. The summed E-state index contributed by atoms with van der Waals surface area (Å²) in [7, 11) is 0. The molecule has 0 aromatic carbocycles. The van der Waals surface area contributed by atoms with E-state index in [4.69, 9.17) is 11.5 Å². The SMILES string of the molecule is NCCNCCNCCN.[Cl-].[Cl-].[Cu]. The Morgan fingerprint density at radius 1 is 0.692 bits per heavy atom. The van der Waals surface area contributed by atoms with Gasteiger partial charge in [0.2, 0.25) is 0 Å². The first-order valence-electron chi connectivity index (χ1n) is 3.73. The van der Waals surface area contributed by atoms with Crippen molar-refractivity contribution in [2.75, 3.05) is 39.3 Å². The number of rotatable bonds is 7. The molecule has 0 aliphatic rings. The summed E-state index contributed by atoms with van der Waals surface area (Å²) in [6, 6.07) is 0. The second-order valence-corrected chi connectivity index (χ2v) is 2.08. The predicted octanol–water partition coefficient (Wildman–Crippen LogP) is -7.91. The van der Waals surface area contributed by atoms with Gasteiger partial charge >= 0.3 is 0 Å². The maximum absolute atomic E-state index is 5.27. The molecule has 0 rings (SSSR count). The molecule has 7 heteroatoms. The van der Waals surface area contributed by atoms with Crippen LogP contribution in [0, 0.1) is 0 Å². The molecule has 13 heavy (non-hydrogen) atoms. The molecule has 6 N–H and O–H groups in total. The van der Waals surface area contributed by atoms with E-state index in [2.05, 4.69) is 10.6 Å². The molecule has 0 fully saturated rings. The Bertz CT molecular complexity index is 62.6. The van der Waals surface area contributed by atoms with E-state index in [0.29, 0.717) is 13.1 Å². The van der Waals surface area contributed by atoms with E-state index >= 15 is 0 Å². The molecule has 0 bridgehead atoms. The van der Waals surface area contributed by atoms with Crippen LogP contribution in [0.5, 0.6) is 0 Å². The summed E-state index contributed by atoms with van der Waals surface area (Å²) in [4.78, 5) is 0. The molecule has 0 aromatic rings. The van der Waals surface area contributed by atoms with E-state index in [1.165, 1.54) is 0 Å². The summed E-state index contributed by atoms with van der Waals surface area (Å²) < 4.78 is 0. The number of hydrogen-bond donors (Lipinski definition) is 4. The van der Waals surface area contributed by atoms with Crippen molar-refractivity contribution < 1.29 is 41.9 Å². The van der Waals surface area contributed by atoms with Crippen LogP contribution in [0.2, 0.25) is 0 Å². The molecule has 0 aromatic heterocycles. The third-order valence-corrected chi connectivity index (χ3v) is 1.12. The fraction of sp³-hybridized carbons (Fsp3) is 1.00. The molecule has 0 spiro atoms. The summed E-state index contributed by atoms with van der Waals surface area (Å²) in [5, 5.41) is 6.33. The summed E-state index contributed by atoms with van der Waals surface area (Å²) in [6.45, 7) is 5.14. The Morgan fingerprint density at radius 2 is 1.00 bits per heavy atom. The first kappa shape index (κ1) is 23.6. The van der Waals surface area contributed by atoms with Gasteiger partial charge in [-0.15, -0.1) is 0 Å². The van der Waals surface area contributed by atoms with Gasteiger partial charge in [0.25, 0.3) is 0 Å². The van der Waals surface area contributed by atoms with Gasteiger partial charge < -0.3 is 46.9 Å². The van der Waals surface area contributed by atoms with Crippen LogP contribution in [0.1, 0.15) is 0 Å². The largest absolute Gasteiger partial charge is 1.00 e. The Kier molecular flexibility index (Phi) is 41.9. The molecule has 0 saturated heterocycles. The van der Waals surface area contributed by atoms with Gasteiger partial charge in [0, 0.05) is 56.3 Å². The standard InChI is InChI=1S/C6H18N4.2ClH.Cu/c7-1-3-9-5-6-10-4-2-8;;;/h9-10H,1-8H2;2*1H;/p-2. The molecule has 0 aliphatic heterocycles. The fourth-order valence-electron chi connectivity index (χ4n) is 0.631. The third kappa shape index (κ3) is 24.6. The van der Waals surface area contributed by atoms with Crippen LogP contribution in [-0.4, -0.2) is 39.3 Å². The normalized spacial score (nSPS) is 7.85. The zero-order valence-electron chi connectivity index (χ0n) is 7.45. The van der Waals surface area contributed by atoms with Gasteiger partial charge in [-0.1, -0.05) is 0 Å². The minimum absolute atomic E-state index is 0. The zero-order chi connectivity index (χ0) is 7.66. The van der Waals surface area contributed by atoms with Crippen LogP contribution in [-0.2, 0) is 17.1 Å². The summed E-state index contributed by atoms with van der Waals surface area (Å²) in [5.41, 5.74) is 10.5. The third-order valence-electron chi connectivity index (χ3n) is 1.12. The van der Waals surface area contributed by atoms with Crippen molar-refractivity contribution in [3.8, 4) is 0 Å². The number of halogens is 2. The van der Waals surface area contributed by atoms with Crippen LogP contribution in [0.15, 0.2) is 0 Å². The van der Waals surface area contributed by atoms with Gasteiger partial charge in [-0.25, -0.2) is 0 Å². The van der Waals surface area contributed by atoms with Crippen LogP contribution >= 0.6 is 0 Å². The van der Waals surface area contributed by atoms with Crippen molar-refractivity contribution in [1.29, 1.82) is 0 Å². The molecule has 0 aliphatic carbocycles. The fourth-order valence-corrected chi connectivity index (χ4v) is 0.631. The maximum atomic E-state index is 5.27. The van der Waals surface area contributed by atoms with Crippen LogP contribution < -0.4 is 46.9 Å². The number of hydrogen-bond acceptors (Lipinski definition) is 4. The van der Waals surface area contributed by atoms with Gasteiger partial charge in [-0.3, -0.25) is 0 Å². The van der Waals surface area contributed by atoms with Crippen molar-refractivity contribution in [3.05, 3.63) is 0 Å². The maximum Gasteiger partial charge on any atom is 0.00772 e. The molecule has 4 nitrogen and oxygen atoms in total. The van der Waals surface area contributed by atoms with Gasteiger partial charge in [-0.2, -0.15) is 0 Å². The smallest absolute Gasteiger partial charge is 0.00772 e. The monoisotopic (exact) mass is 279 g/mol. The van der Waals surface area contributed by atoms with Gasteiger partial charge in [-0.05, 0) is 0 Å². The Morgan fingerprint density at radius 3 is 1.23 bits per heavy atom. The summed E-state index contributed by atoms with van der Waals surface area (Å²) in [5.74, 6) is 0. The van der Waals surface area contributed by atoms with Crippen LogP contribution in [0.3, 0.4) is 0 Å². The number of nitrogens with two attached hydrogens (primary N) is 2. The van der Waals surface area contributed by atoms with Crippen molar-refractivity contribution in [2.45, 2.75) is 0 Å². The van der Waals surface area contributed by atoms with Crippen molar-refractivity contribution >= 4 is 0 Å². The molecule has 0 amide bonds. The topological polar surface area (TPSA) is 76.1 Å². The van der Waals surface area contributed by atoms with Crippen molar-refractivity contribution in [3.63, 3.8) is 0 Å². The molecule has 0 saturated carbocycles. The van der Waals surface area contributed by atoms with E-state index < -0.39 is 0 Å². The van der Waals surface area contributed by atoms with Crippen molar-refractivity contribution in [1.82, 2.24) is 10.6 Å². The quantitative estimate of drug-likeness (QED) is 0.276. The van der Waals surface area contributed by atoms with E-state index in [1.54, 1.807) is 0 Å². The zero-order valence-corrected chi connectivity index (χ0v) is 9.91. The number of nitrogens with one attached hydrogen (secondary N) is 2. The first-order valence-corrected chi connectivity index (χ1v) is 3.73. The Labute approximate surface area is 103 Å². The van der Waals surface area contributed by atoms with E-state index in [0.717, 1.165) is 26.2 Å². The Balaban J connectivity index is -0.000000135. The summed E-state index contributed by atoms with van der Waals surface area (Å²) in [6.07, 6.45) is 0. The molecule has 0 atom stereocenters. The molecule has 0 heterocycles. The predicted molar refractivity (Wildman–Crippen MR) is 43.8 cm³/mol. The van der Waals surface area contributed by atoms with Crippen molar-refractivity contribution in [2.24, 2.45) is 11.5 Å². The second-order valence-electron chi connectivity index (χ2n) is 2.08. The first-order chi connectivity index (χ1) is 4.91. The second kappa shape index (κ2) is 23.1. The van der Waals surface area contributed by atoms with E-state index in [-0.39, 0.29) is 41.9 Å². The van der Waals surface area contributed by atoms with Gasteiger partial charge in [0.05, 0.1) is 0 Å². The molecule has 1 radical (unpaired) electrons. The molecule has 89 valence electrons. The minimum Gasteiger partial charge on any atom is -1.00 e. The van der Waals surface area contributed by atoms with Crippen LogP contribution in [0.4, 0.5) is 0 Å². The van der Waals surface area contributed by atoms with Gasteiger partial charge in [0.1, 0.15) is 0 Å². The molecular formula is C6H18Cl2CuN4-2. The molecule has 0 unspecified atom stereocenters. The Hall–Kier alpha value is 0.939. The summed E-state index contributed by atoms with van der Waals surface area (Å²) >= 11 is 0. The van der Waals surface area contributed by atoms with Crippen LogP contribution in [0.25, 0.3) is 0 Å². The average Bonchev–Trinajstić information content (AvgIpc) is 1.97. The average molecular weight is 281 g/mol.